The Kier molecular flexibility index (Phi) is 4.84. The Bertz CT molecular complexity index is 667. The fourth-order valence-corrected chi connectivity index (χ4v) is 2.79. The van der Waals surface area contributed by atoms with Crippen LogP contribution in [0.4, 0.5) is 0 Å². The van der Waals surface area contributed by atoms with Gasteiger partial charge in [0, 0.05) is 29.7 Å². The first kappa shape index (κ1) is 15.4. The molecule has 1 aromatic carbocycles. The van der Waals surface area contributed by atoms with Gasteiger partial charge in [-0.25, -0.2) is 4.79 Å². The molecule has 0 aliphatic heterocycles. The van der Waals surface area contributed by atoms with Gasteiger partial charge in [0.15, 0.2) is 0 Å². The molecule has 2 aromatic rings. The third kappa shape index (κ3) is 3.75. The van der Waals surface area contributed by atoms with Gasteiger partial charge < -0.3 is 9.67 Å². The molecule has 3 heteroatoms. The van der Waals surface area contributed by atoms with E-state index in [4.69, 9.17) is 5.11 Å². The quantitative estimate of drug-likeness (QED) is 0.790. The van der Waals surface area contributed by atoms with Gasteiger partial charge in [-0.3, -0.25) is 0 Å². The van der Waals surface area contributed by atoms with E-state index in [0.717, 1.165) is 23.1 Å². The predicted octanol–water partition coefficient (Wildman–Crippen LogP) is 4.57. The third-order valence-electron chi connectivity index (χ3n) is 3.86. The normalized spacial score (nSPS) is 13.6. The van der Waals surface area contributed by atoms with Crippen molar-refractivity contribution in [3.8, 4) is 0 Å². The zero-order chi connectivity index (χ0) is 15.4. The monoisotopic (exact) mass is 285 g/mol. The lowest BCUT2D eigenvalue weighted by Gasteiger charge is -2.12. The van der Waals surface area contributed by atoms with E-state index in [1.54, 1.807) is 0 Å². The molecule has 2 rings (SSSR count). The summed E-state index contributed by atoms with van der Waals surface area (Å²) in [5.74, 6) is -0.238. The molecule has 0 saturated carbocycles. The van der Waals surface area contributed by atoms with Gasteiger partial charge in [0.25, 0.3) is 0 Å². The van der Waals surface area contributed by atoms with Gasteiger partial charge in [-0.1, -0.05) is 26.3 Å². The summed E-state index contributed by atoms with van der Waals surface area (Å²) in [5.41, 5.74) is 2.95. The predicted molar refractivity (Wildman–Crippen MR) is 87.3 cm³/mol. The van der Waals surface area contributed by atoms with Gasteiger partial charge in [-0.05, 0) is 48.6 Å². The van der Waals surface area contributed by atoms with Crippen molar-refractivity contribution in [1.29, 1.82) is 0 Å². The average Bonchev–Trinajstić information content (AvgIpc) is 2.80. The van der Waals surface area contributed by atoms with Crippen molar-refractivity contribution in [3.63, 3.8) is 0 Å². The number of carboxylic acid groups (broad SMARTS) is 1. The molecule has 1 aromatic heterocycles. The molecule has 0 fully saturated rings. The maximum Gasteiger partial charge on any atom is 0.328 e. The molecule has 21 heavy (non-hydrogen) atoms. The molecule has 3 nitrogen and oxygen atoms in total. The van der Waals surface area contributed by atoms with E-state index in [1.165, 1.54) is 24.4 Å². The minimum absolute atomic E-state index is 0.666. The minimum Gasteiger partial charge on any atom is -0.478 e. The lowest BCUT2D eigenvalue weighted by atomic mass is 10.0. The lowest BCUT2D eigenvalue weighted by Crippen LogP contribution is -2.06. The largest absolute Gasteiger partial charge is 0.478 e. The fourth-order valence-electron chi connectivity index (χ4n) is 2.79. The molecule has 1 heterocycles. The van der Waals surface area contributed by atoms with Crippen molar-refractivity contribution in [1.82, 2.24) is 4.57 Å². The Morgan fingerprint density at radius 3 is 2.81 bits per heavy atom. The Labute approximate surface area is 125 Å². The number of hydrogen-bond acceptors (Lipinski definition) is 1. The number of fused-ring (bicyclic) bond motifs is 1. The Hall–Kier alpha value is -2.03. The van der Waals surface area contributed by atoms with Crippen LogP contribution in [0.15, 0.2) is 36.5 Å². The molecule has 0 bridgehead atoms. The molecule has 0 radical (unpaired) electrons. The summed E-state index contributed by atoms with van der Waals surface area (Å²) in [7, 11) is 0. The smallest absolute Gasteiger partial charge is 0.328 e. The maximum atomic E-state index is 10.8. The maximum absolute atomic E-state index is 10.8. The van der Waals surface area contributed by atoms with Crippen LogP contribution in [0.25, 0.3) is 16.5 Å². The van der Waals surface area contributed by atoms with Crippen molar-refractivity contribution in [2.75, 3.05) is 0 Å². The van der Waals surface area contributed by atoms with Crippen LogP contribution in [-0.4, -0.2) is 15.6 Å². The van der Waals surface area contributed by atoms with Gasteiger partial charge in [0.05, 0.1) is 0 Å². The second kappa shape index (κ2) is 6.61. The van der Waals surface area contributed by atoms with Crippen LogP contribution < -0.4 is 0 Å². The summed E-state index contributed by atoms with van der Waals surface area (Å²) in [6, 6.07) is 8.25. The molecule has 0 amide bonds. The van der Waals surface area contributed by atoms with Gasteiger partial charge in [-0.2, -0.15) is 0 Å². The van der Waals surface area contributed by atoms with Crippen molar-refractivity contribution in [3.05, 3.63) is 42.1 Å². The van der Waals surface area contributed by atoms with Crippen LogP contribution in [0, 0.1) is 5.92 Å². The van der Waals surface area contributed by atoms with Crippen molar-refractivity contribution >= 4 is 22.4 Å². The van der Waals surface area contributed by atoms with Crippen LogP contribution in [0.5, 0.6) is 0 Å². The third-order valence-corrected chi connectivity index (χ3v) is 3.86. The van der Waals surface area contributed by atoms with E-state index in [2.05, 4.69) is 42.8 Å². The van der Waals surface area contributed by atoms with E-state index in [9.17, 15) is 4.79 Å². The standard InChI is InChI=1S/C18H23NO2/c1-4-5-13(2)12-19-9-8-16-11-15(6-7-17(16)19)14(3)10-18(20)21/h6-11,13H,4-5,12H2,1-3H3,(H,20,21). The summed E-state index contributed by atoms with van der Waals surface area (Å²) in [6.07, 6.45) is 5.82. The topological polar surface area (TPSA) is 42.2 Å². The second-order valence-electron chi connectivity index (χ2n) is 5.80. The SMILES string of the molecule is CCCC(C)Cn1ccc2cc(C(C)=CC(=O)O)ccc21. The number of aliphatic carboxylic acids is 1. The highest BCUT2D eigenvalue weighted by Gasteiger charge is 2.07. The van der Waals surface area contributed by atoms with E-state index < -0.39 is 5.97 Å². The number of carbonyl (C=O) groups is 1. The van der Waals surface area contributed by atoms with Gasteiger partial charge in [-0.15, -0.1) is 0 Å². The van der Waals surface area contributed by atoms with E-state index >= 15 is 0 Å². The molecule has 0 spiro atoms. The zero-order valence-electron chi connectivity index (χ0n) is 13.0. The second-order valence-corrected chi connectivity index (χ2v) is 5.80. The van der Waals surface area contributed by atoms with Gasteiger partial charge >= 0.3 is 5.97 Å². The summed E-state index contributed by atoms with van der Waals surface area (Å²) in [6.45, 7) is 7.35. The molecule has 112 valence electrons. The molecule has 0 aliphatic rings. The molecular weight excluding hydrogens is 262 g/mol. The molecule has 1 unspecified atom stereocenters. The zero-order valence-corrected chi connectivity index (χ0v) is 13.0. The minimum atomic E-state index is -0.904. The number of aromatic nitrogens is 1. The highest BCUT2D eigenvalue weighted by Crippen LogP contribution is 2.23. The summed E-state index contributed by atoms with van der Waals surface area (Å²) in [4.78, 5) is 10.8. The molecule has 0 saturated heterocycles. The van der Waals surface area contributed by atoms with Crippen LogP contribution in [-0.2, 0) is 11.3 Å². The highest BCUT2D eigenvalue weighted by molar-refractivity contribution is 5.91. The number of rotatable bonds is 6. The number of hydrogen-bond donors (Lipinski definition) is 1. The molecule has 1 atom stereocenters. The number of carboxylic acids is 1. The van der Waals surface area contributed by atoms with Crippen LogP contribution in [0.1, 0.15) is 39.2 Å². The summed E-state index contributed by atoms with van der Waals surface area (Å²) in [5, 5.41) is 9.99. The fraction of sp³-hybridized carbons (Fsp3) is 0.389. The highest BCUT2D eigenvalue weighted by atomic mass is 16.4. The average molecular weight is 285 g/mol. The van der Waals surface area contributed by atoms with Crippen LogP contribution in [0.3, 0.4) is 0 Å². The van der Waals surface area contributed by atoms with Crippen molar-refractivity contribution in [2.24, 2.45) is 5.92 Å². The number of allylic oxidation sites excluding steroid dienone is 1. The first-order valence-electron chi connectivity index (χ1n) is 7.51. The number of benzene rings is 1. The Morgan fingerprint density at radius 1 is 1.38 bits per heavy atom. The first-order chi connectivity index (χ1) is 10.0. The molecule has 1 N–H and O–H groups in total. The Morgan fingerprint density at radius 2 is 2.14 bits per heavy atom. The van der Waals surface area contributed by atoms with E-state index in [0.29, 0.717) is 5.92 Å². The van der Waals surface area contributed by atoms with E-state index in [1.807, 2.05) is 13.0 Å². The molecular formula is C18H23NO2. The number of nitrogens with zero attached hydrogens (tertiary/aromatic N) is 1. The van der Waals surface area contributed by atoms with Gasteiger partial charge in [0.1, 0.15) is 0 Å². The summed E-state index contributed by atoms with van der Waals surface area (Å²) < 4.78 is 2.29. The Balaban J connectivity index is 2.29. The van der Waals surface area contributed by atoms with Crippen LogP contribution in [0.2, 0.25) is 0 Å². The van der Waals surface area contributed by atoms with Crippen molar-refractivity contribution < 1.29 is 9.90 Å². The summed E-state index contributed by atoms with van der Waals surface area (Å²) >= 11 is 0. The lowest BCUT2D eigenvalue weighted by molar-refractivity contribution is -0.131. The van der Waals surface area contributed by atoms with Gasteiger partial charge in [0.2, 0.25) is 0 Å². The van der Waals surface area contributed by atoms with E-state index in [-0.39, 0.29) is 0 Å². The molecule has 0 aliphatic carbocycles. The first-order valence-corrected chi connectivity index (χ1v) is 7.51. The van der Waals surface area contributed by atoms with Crippen molar-refractivity contribution in [2.45, 2.75) is 40.2 Å². The van der Waals surface area contributed by atoms with Crippen LogP contribution >= 0.6 is 0 Å².